The van der Waals surface area contributed by atoms with E-state index in [0.717, 1.165) is 31.5 Å². The van der Waals surface area contributed by atoms with Crippen LogP contribution in [0.2, 0.25) is 0 Å². The first-order chi connectivity index (χ1) is 9.13. The number of nitrogens with two attached hydrogens (primary N) is 1. The monoisotopic (exact) mass is 264 g/mol. The Hall–Kier alpha value is -1.39. The molecule has 0 aliphatic carbocycles. The third kappa shape index (κ3) is 6.36. The molecule has 0 aliphatic rings. The van der Waals surface area contributed by atoms with Crippen LogP contribution < -0.4 is 11.1 Å². The third-order valence-electron chi connectivity index (χ3n) is 3.01. The standard InChI is InChI=1S/C15H24N2O2/c1-2-9-17-10-3-4-15(19)14(16)11-12-5-7-13(18)8-6-12/h5-8,14,17-18H,2-4,9-11,16H2,1H3. The number of phenolic OH excluding ortho intramolecular Hbond substituents is 1. The molecule has 1 unspecified atom stereocenters. The molecule has 1 aromatic carbocycles. The highest BCUT2D eigenvalue weighted by Crippen LogP contribution is 2.11. The Balaban J connectivity index is 2.26. The van der Waals surface area contributed by atoms with Crippen molar-refractivity contribution in [1.82, 2.24) is 5.32 Å². The van der Waals surface area contributed by atoms with Crippen LogP contribution in [0.3, 0.4) is 0 Å². The topological polar surface area (TPSA) is 75.4 Å². The normalized spacial score (nSPS) is 12.3. The quantitative estimate of drug-likeness (QED) is 0.592. The van der Waals surface area contributed by atoms with Crippen LogP contribution in [0.15, 0.2) is 24.3 Å². The second-order valence-corrected chi connectivity index (χ2v) is 4.80. The molecule has 0 amide bonds. The Kier molecular flexibility index (Phi) is 7.15. The van der Waals surface area contributed by atoms with E-state index in [2.05, 4.69) is 12.2 Å². The molecule has 4 N–H and O–H groups in total. The Bertz CT molecular complexity index is 376. The number of ketones is 1. The van der Waals surface area contributed by atoms with Crippen LogP contribution in [0.5, 0.6) is 5.75 Å². The number of phenols is 1. The van der Waals surface area contributed by atoms with E-state index in [-0.39, 0.29) is 11.5 Å². The van der Waals surface area contributed by atoms with E-state index < -0.39 is 6.04 Å². The Labute approximate surface area is 115 Å². The van der Waals surface area contributed by atoms with Gasteiger partial charge in [0, 0.05) is 6.42 Å². The van der Waals surface area contributed by atoms with Crippen molar-refractivity contribution in [2.24, 2.45) is 5.73 Å². The first-order valence-corrected chi connectivity index (χ1v) is 6.90. The van der Waals surface area contributed by atoms with Gasteiger partial charge in [0.1, 0.15) is 11.5 Å². The summed E-state index contributed by atoms with van der Waals surface area (Å²) in [5.74, 6) is 0.331. The van der Waals surface area contributed by atoms with Crippen molar-refractivity contribution < 1.29 is 9.90 Å². The van der Waals surface area contributed by atoms with Gasteiger partial charge in [-0.15, -0.1) is 0 Å². The van der Waals surface area contributed by atoms with E-state index in [1.807, 2.05) is 0 Å². The third-order valence-corrected chi connectivity index (χ3v) is 3.01. The summed E-state index contributed by atoms with van der Waals surface area (Å²) in [4.78, 5) is 11.8. The summed E-state index contributed by atoms with van der Waals surface area (Å²) in [6.45, 7) is 3.98. The van der Waals surface area contributed by atoms with Crippen LogP contribution in [-0.4, -0.2) is 30.0 Å². The number of benzene rings is 1. The van der Waals surface area contributed by atoms with E-state index >= 15 is 0 Å². The molecule has 0 saturated heterocycles. The summed E-state index contributed by atoms with van der Waals surface area (Å²) in [6.07, 6.45) is 2.99. The largest absolute Gasteiger partial charge is 0.508 e. The van der Waals surface area contributed by atoms with Gasteiger partial charge < -0.3 is 16.2 Å². The van der Waals surface area contributed by atoms with Crippen LogP contribution >= 0.6 is 0 Å². The second kappa shape index (κ2) is 8.67. The smallest absolute Gasteiger partial charge is 0.149 e. The Morgan fingerprint density at radius 1 is 1.32 bits per heavy atom. The number of aromatic hydroxyl groups is 1. The maximum Gasteiger partial charge on any atom is 0.149 e. The Morgan fingerprint density at radius 3 is 2.63 bits per heavy atom. The van der Waals surface area contributed by atoms with Gasteiger partial charge in [-0.1, -0.05) is 19.1 Å². The Morgan fingerprint density at radius 2 is 2.00 bits per heavy atom. The SMILES string of the molecule is CCCNCCCC(=O)C(N)Cc1ccc(O)cc1. The lowest BCUT2D eigenvalue weighted by Gasteiger charge is -2.11. The maximum atomic E-state index is 11.8. The number of nitrogens with one attached hydrogen (secondary N) is 1. The van der Waals surface area contributed by atoms with Gasteiger partial charge in [-0.2, -0.15) is 0 Å². The molecule has 0 spiro atoms. The fraction of sp³-hybridized carbons (Fsp3) is 0.533. The van der Waals surface area contributed by atoms with Gasteiger partial charge in [0.25, 0.3) is 0 Å². The predicted octanol–water partition coefficient (Wildman–Crippen LogP) is 1.61. The molecule has 1 rings (SSSR count). The van der Waals surface area contributed by atoms with Gasteiger partial charge in [-0.05, 0) is 50.0 Å². The summed E-state index contributed by atoms with van der Waals surface area (Å²) < 4.78 is 0. The van der Waals surface area contributed by atoms with Crippen molar-refractivity contribution in [2.75, 3.05) is 13.1 Å². The molecular formula is C15H24N2O2. The second-order valence-electron chi connectivity index (χ2n) is 4.80. The van der Waals surface area contributed by atoms with Crippen LogP contribution in [-0.2, 0) is 11.2 Å². The zero-order valence-corrected chi connectivity index (χ0v) is 11.6. The molecule has 0 fully saturated rings. The van der Waals surface area contributed by atoms with Gasteiger partial charge in [0.05, 0.1) is 6.04 Å². The number of carbonyl (C=O) groups excluding carboxylic acids is 1. The predicted molar refractivity (Wildman–Crippen MR) is 77.2 cm³/mol. The lowest BCUT2D eigenvalue weighted by molar-refractivity contribution is -0.120. The molecule has 1 atom stereocenters. The highest BCUT2D eigenvalue weighted by Gasteiger charge is 2.13. The first-order valence-electron chi connectivity index (χ1n) is 6.90. The molecule has 4 nitrogen and oxygen atoms in total. The molecular weight excluding hydrogens is 240 g/mol. The zero-order chi connectivity index (χ0) is 14.1. The molecule has 106 valence electrons. The van der Waals surface area contributed by atoms with Crippen LogP contribution in [0.25, 0.3) is 0 Å². The summed E-state index contributed by atoms with van der Waals surface area (Å²) in [6, 6.07) is 6.37. The average molecular weight is 264 g/mol. The van der Waals surface area contributed by atoms with Gasteiger partial charge in [-0.25, -0.2) is 0 Å². The summed E-state index contributed by atoms with van der Waals surface area (Å²) in [5, 5.41) is 12.4. The molecule has 0 aromatic heterocycles. The number of carbonyl (C=O) groups is 1. The molecule has 0 aliphatic heterocycles. The fourth-order valence-electron chi connectivity index (χ4n) is 1.87. The van der Waals surface area contributed by atoms with Crippen molar-refractivity contribution in [3.63, 3.8) is 0 Å². The van der Waals surface area contributed by atoms with Crippen LogP contribution in [0.4, 0.5) is 0 Å². The van der Waals surface area contributed by atoms with E-state index in [9.17, 15) is 9.90 Å². The fourth-order valence-corrected chi connectivity index (χ4v) is 1.87. The van der Waals surface area contributed by atoms with Gasteiger partial charge >= 0.3 is 0 Å². The summed E-state index contributed by atoms with van der Waals surface area (Å²) in [7, 11) is 0. The number of Topliss-reactive ketones (excluding diaryl/α,β-unsaturated/α-hetero) is 1. The highest BCUT2D eigenvalue weighted by molar-refractivity contribution is 5.84. The van der Waals surface area contributed by atoms with Crippen LogP contribution in [0, 0.1) is 0 Å². The van der Waals surface area contributed by atoms with Crippen molar-refractivity contribution in [3.8, 4) is 5.75 Å². The van der Waals surface area contributed by atoms with E-state index in [0.29, 0.717) is 12.8 Å². The number of rotatable bonds is 9. The lowest BCUT2D eigenvalue weighted by atomic mass is 10.0. The molecule has 4 heteroatoms. The molecule has 0 saturated carbocycles. The first kappa shape index (κ1) is 15.7. The minimum Gasteiger partial charge on any atom is -0.508 e. The van der Waals surface area contributed by atoms with E-state index in [1.54, 1.807) is 24.3 Å². The van der Waals surface area contributed by atoms with Crippen molar-refractivity contribution in [1.29, 1.82) is 0 Å². The van der Waals surface area contributed by atoms with Crippen molar-refractivity contribution in [2.45, 2.75) is 38.6 Å². The van der Waals surface area contributed by atoms with Crippen LogP contribution in [0.1, 0.15) is 31.7 Å². The van der Waals surface area contributed by atoms with E-state index in [1.165, 1.54) is 0 Å². The van der Waals surface area contributed by atoms with Gasteiger partial charge in [0.2, 0.25) is 0 Å². The molecule has 19 heavy (non-hydrogen) atoms. The van der Waals surface area contributed by atoms with Gasteiger partial charge in [0.15, 0.2) is 0 Å². The molecule has 0 heterocycles. The average Bonchev–Trinajstić information content (AvgIpc) is 2.41. The zero-order valence-electron chi connectivity index (χ0n) is 11.6. The minimum atomic E-state index is -0.448. The molecule has 0 bridgehead atoms. The maximum absolute atomic E-state index is 11.8. The van der Waals surface area contributed by atoms with Crippen molar-refractivity contribution in [3.05, 3.63) is 29.8 Å². The van der Waals surface area contributed by atoms with E-state index in [4.69, 9.17) is 5.73 Å². The number of hydrogen-bond acceptors (Lipinski definition) is 4. The summed E-state index contributed by atoms with van der Waals surface area (Å²) in [5.41, 5.74) is 6.87. The summed E-state index contributed by atoms with van der Waals surface area (Å²) >= 11 is 0. The van der Waals surface area contributed by atoms with Gasteiger partial charge in [-0.3, -0.25) is 4.79 Å². The lowest BCUT2D eigenvalue weighted by Crippen LogP contribution is -2.33. The molecule has 1 aromatic rings. The molecule has 0 radical (unpaired) electrons. The number of hydrogen-bond donors (Lipinski definition) is 3. The minimum absolute atomic E-state index is 0.103. The highest BCUT2D eigenvalue weighted by atomic mass is 16.3. The van der Waals surface area contributed by atoms with Crippen molar-refractivity contribution >= 4 is 5.78 Å².